The van der Waals surface area contributed by atoms with Crippen LogP contribution in [0.1, 0.15) is 11.1 Å². The van der Waals surface area contributed by atoms with Gasteiger partial charge in [-0.05, 0) is 43.7 Å². The molecular weight excluding hydrogens is 448 g/mol. The molecular formula is C25H20ClF2N3O2. The number of anilines is 2. The summed E-state index contributed by atoms with van der Waals surface area (Å²) in [5.41, 5.74) is 4.01. The second-order valence-corrected chi connectivity index (χ2v) is 7.94. The van der Waals surface area contributed by atoms with Crippen molar-refractivity contribution in [2.75, 3.05) is 17.7 Å². The summed E-state index contributed by atoms with van der Waals surface area (Å²) >= 11 is 6.53. The smallest absolute Gasteiger partial charge is 0.323 e. The molecule has 0 bridgehead atoms. The average Bonchev–Trinajstić information content (AvgIpc) is 2.76. The Morgan fingerprint density at radius 1 is 1.03 bits per heavy atom. The molecule has 4 rings (SSSR count). The van der Waals surface area contributed by atoms with Gasteiger partial charge in [0, 0.05) is 27.6 Å². The van der Waals surface area contributed by atoms with Gasteiger partial charge in [0.15, 0.2) is 0 Å². The van der Waals surface area contributed by atoms with Crippen LogP contribution in [0.25, 0.3) is 22.0 Å². The second-order valence-electron chi connectivity index (χ2n) is 7.53. The minimum absolute atomic E-state index is 0.166. The maximum Gasteiger partial charge on any atom is 0.323 e. The molecule has 5 nitrogen and oxygen atoms in total. The van der Waals surface area contributed by atoms with Crippen molar-refractivity contribution < 1.29 is 18.3 Å². The lowest BCUT2D eigenvalue weighted by Gasteiger charge is -2.19. The van der Waals surface area contributed by atoms with E-state index in [1.807, 2.05) is 38.1 Å². The second kappa shape index (κ2) is 9.03. The van der Waals surface area contributed by atoms with Crippen molar-refractivity contribution in [2.45, 2.75) is 13.8 Å². The van der Waals surface area contributed by atoms with Crippen molar-refractivity contribution in [3.05, 3.63) is 82.4 Å². The van der Waals surface area contributed by atoms with Crippen LogP contribution >= 0.6 is 11.6 Å². The number of pyridine rings is 1. The summed E-state index contributed by atoms with van der Waals surface area (Å²) in [4.78, 5) is 17.4. The number of urea groups is 1. The van der Waals surface area contributed by atoms with Gasteiger partial charge in [-0.25, -0.2) is 18.6 Å². The van der Waals surface area contributed by atoms with Gasteiger partial charge in [-0.3, -0.25) is 0 Å². The number of benzene rings is 3. The summed E-state index contributed by atoms with van der Waals surface area (Å²) in [6.07, 6.45) is 0. The van der Waals surface area contributed by atoms with Gasteiger partial charge in [-0.2, -0.15) is 0 Å². The maximum atomic E-state index is 14.1. The van der Waals surface area contributed by atoms with E-state index in [2.05, 4.69) is 15.6 Å². The number of halogens is 3. The summed E-state index contributed by atoms with van der Waals surface area (Å²) < 4.78 is 32.8. The first-order valence-electron chi connectivity index (χ1n) is 10.1. The Hall–Kier alpha value is -3.71. The van der Waals surface area contributed by atoms with Gasteiger partial charge in [0.25, 0.3) is 0 Å². The molecule has 0 unspecified atom stereocenters. The Balaban J connectivity index is 1.90. The molecule has 1 heterocycles. The third-order valence-electron chi connectivity index (χ3n) is 5.15. The van der Waals surface area contributed by atoms with Gasteiger partial charge >= 0.3 is 6.03 Å². The van der Waals surface area contributed by atoms with E-state index in [4.69, 9.17) is 16.3 Å². The third kappa shape index (κ3) is 4.45. The molecule has 0 spiro atoms. The minimum Gasteiger partial charge on any atom is -0.479 e. The van der Waals surface area contributed by atoms with Crippen LogP contribution in [0.5, 0.6) is 5.88 Å². The number of aromatic nitrogens is 1. The van der Waals surface area contributed by atoms with Crippen molar-refractivity contribution in [2.24, 2.45) is 0 Å². The Labute approximate surface area is 194 Å². The first kappa shape index (κ1) is 22.5. The quantitative estimate of drug-likeness (QED) is 0.336. The van der Waals surface area contributed by atoms with Gasteiger partial charge < -0.3 is 15.4 Å². The van der Waals surface area contributed by atoms with Crippen LogP contribution < -0.4 is 15.4 Å². The maximum absolute atomic E-state index is 14.1. The number of aryl methyl sites for hydroxylation is 2. The number of rotatable bonds is 4. The molecule has 0 aliphatic heterocycles. The van der Waals surface area contributed by atoms with Crippen molar-refractivity contribution in [3.63, 3.8) is 0 Å². The zero-order valence-electron chi connectivity index (χ0n) is 18.1. The lowest BCUT2D eigenvalue weighted by Crippen LogP contribution is -2.21. The van der Waals surface area contributed by atoms with Gasteiger partial charge in [-0.1, -0.05) is 41.4 Å². The summed E-state index contributed by atoms with van der Waals surface area (Å²) in [6.45, 7) is 3.90. The van der Waals surface area contributed by atoms with Crippen LogP contribution in [0.3, 0.4) is 0 Å². The van der Waals surface area contributed by atoms with E-state index in [1.165, 1.54) is 7.11 Å². The van der Waals surface area contributed by atoms with E-state index in [-0.39, 0.29) is 17.3 Å². The summed E-state index contributed by atoms with van der Waals surface area (Å²) in [6, 6.07) is 13.3. The Morgan fingerprint density at radius 3 is 2.48 bits per heavy atom. The van der Waals surface area contributed by atoms with Crippen LogP contribution in [0.15, 0.2) is 54.6 Å². The molecule has 0 saturated heterocycles. The first-order valence-corrected chi connectivity index (χ1v) is 10.4. The fraction of sp³-hybridized carbons (Fsp3) is 0.120. The fourth-order valence-corrected chi connectivity index (χ4v) is 3.99. The number of nitrogens with one attached hydrogen (secondary N) is 2. The molecule has 3 aromatic carbocycles. The topological polar surface area (TPSA) is 63.2 Å². The first-order chi connectivity index (χ1) is 15.8. The summed E-state index contributed by atoms with van der Waals surface area (Å²) in [5, 5.41) is 6.35. The number of nitrogens with zero attached hydrogens (tertiary/aromatic N) is 1. The number of ether oxygens (including phenoxy) is 1. The molecule has 33 heavy (non-hydrogen) atoms. The van der Waals surface area contributed by atoms with Crippen molar-refractivity contribution in [3.8, 4) is 17.0 Å². The number of methoxy groups -OCH3 is 1. The highest BCUT2D eigenvalue weighted by atomic mass is 35.5. The minimum atomic E-state index is -0.897. The Kier molecular flexibility index (Phi) is 6.16. The normalized spacial score (nSPS) is 10.8. The summed E-state index contributed by atoms with van der Waals surface area (Å²) in [5.74, 6) is -1.48. The van der Waals surface area contributed by atoms with E-state index in [0.717, 1.165) is 28.6 Å². The van der Waals surface area contributed by atoms with Gasteiger partial charge in [-0.15, -0.1) is 0 Å². The summed E-state index contributed by atoms with van der Waals surface area (Å²) in [7, 11) is 1.44. The molecule has 0 radical (unpaired) electrons. The number of fused-ring (bicyclic) bond motifs is 1. The molecule has 0 aliphatic rings. The molecule has 0 aliphatic carbocycles. The lowest BCUT2D eigenvalue weighted by molar-refractivity contribution is 0.262. The van der Waals surface area contributed by atoms with Gasteiger partial charge in [0.05, 0.1) is 18.3 Å². The van der Waals surface area contributed by atoms with Crippen LogP contribution in [0, 0.1) is 25.5 Å². The van der Waals surface area contributed by atoms with Crippen molar-refractivity contribution in [1.82, 2.24) is 4.98 Å². The lowest BCUT2D eigenvalue weighted by atomic mass is 9.96. The van der Waals surface area contributed by atoms with E-state index in [9.17, 15) is 13.6 Å². The van der Waals surface area contributed by atoms with Crippen LogP contribution in [0.2, 0.25) is 5.02 Å². The SMILES string of the molecule is COc1nc2c(C)cc(C)cc2c(-c2ccccc2Cl)c1NC(=O)Nc1ccc(F)cc1F. The molecule has 0 fully saturated rings. The predicted octanol–water partition coefficient (Wildman–Crippen LogP) is 7.10. The number of carbonyl (C=O) groups is 1. The monoisotopic (exact) mass is 467 g/mol. The number of amides is 2. The van der Waals surface area contributed by atoms with E-state index >= 15 is 0 Å². The molecule has 0 atom stereocenters. The van der Waals surface area contributed by atoms with Crippen molar-refractivity contribution in [1.29, 1.82) is 0 Å². The van der Waals surface area contributed by atoms with Crippen LogP contribution in [0.4, 0.5) is 25.0 Å². The Morgan fingerprint density at radius 2 is 1.79 bits per heavy atom. The van der Waals surface area contributed by atoms with Crippen LogP contribution in [-0.4, -0.2) is 18.1 Å². The zero-order chi connectivity index (χ0) is 23.7. The molecule has 2 amide bonds. The molecule has 4 aromatic rings. The van der Waals surface area contributed by atoms with Gasteiger partial charge in [0.1, 0.15) is 17.3 Å². The van der Waals surface area contributed by atoms with E-state index in [0.29, 0.717) is 27.7 Å². The largest absolute Gasteiger partial charge is 0.479 e. The number of hydrogen-bond acceptors (Lipinski definition) is 3. The highest BCUT2D eigenvalue weighted by Gasteiger charge is 2.22. The number of hydrogen-bond donors (Lipinski definition) is 2. The van der Waals surface area contributed by atoms with Crippen molar-refractivity contribution >= 4 is 39.9 Å². The zero-order valence-corrected chi connectivity index (χ0v) is 18.8. The molecule has 0 saturated carbocycles. The number of carbonyl (C=O) groups excluding carboxylic acids is 1. The molecule has 1 aromatic heterocycles. The molecule has 2 N–H and O–H groups in total. The van der Waals surface area contributed by atoms with E-state index < -0.39 is 17.7 Å². The highest BCUT2D eigenvalue weighted by molar-refractivity contribution is 6.34. The average molecular weight is 468 g/mol. The fourth-order valence-electron chi connectivity index (χ4n) is 3.76. The molecule has 8 heteroatoms. The highest BCUT2D eigenvalue weighted by Crippen LogP contribution is 2.43. The Bertz CT molecular complexity index is 1390. The van der Waals surface area contributed by atoms with E-state index in [1.54, 1.807) is 12.1 Å². The third-order valence-corrected chi connectivity index (χ3v) is 5.48. The van der Waals surface area contributed by atoms with Gasteiger partial charge in [0.2, 0.25) is 5.88 Å². The van der Waals surface area contributed by atoms with Crippen LogP contribution in [-0.2, 0) is 0 Å². The molecule has 168 valence electrons. The standard InChI is InChI=1S/C25H20ClF2N3O2/c1-13-10-14(2)22-17(11-13)21(16-6-4-5-7-18(16)26)23(24(30-22)33-3)31-25(32)29-20-9-8-15(27)12-19(20)28/h4-12H,1-3H3,(H2,29,31,32). The predicted molar refractivity (Wildman–Crippen MR) is 127 cm³/mol.